The third-order valence-corrected chi connectivity index (χ3v) is 5.47. The van der Waals surface area contributed by atoms with Crippen molar-refractivity contribution < 1.29 is 9.47 Å². The van der Waals surface area contributed by atoms with Crippen LogP contribution < -0.4 is 9.47 Å². The summed E-state index contributed by atoms with van der Waals surface area (Å²) >= 11 is 0. The molecule has 3 nitrogen and oxygen atoms in total. The monoisotopic (exact) mass is 335 g/mol. The van der Waals surface area contributed by atoms with Gasteiger partial charge in [-0.2, -0.15) is 0 Å². The predicted molar refractivity (Wildman–Crippen MR) is 101 cm³/mol. The van der Waals surface area contributed by atoms with E-state index in [9.17, 15) is 0 Å². The van der Waals surface area contributed by atoms with Crippen molar-refractivity contribution in [2.75, 3.05) is 14.2 Å². The molecule has 2 aromatic carbocycles. The Hall–Kier alpha value is -2.26. The van der Waals surface area contributed by atoms with Crippen molar-refractivity contribution in [2.24, 2.45) is 0 Å². The van der Waals surface area contributed by atoms with E-state index in [1.54, 1.807) is 14.2 Å². The maximum atomic E-state index is 5.44. The Labute approximate surface area is 149 Å². The van der Waals surface area contributed by atoms with E-state index in [4.69, 9.17) is 9.47 Å². The lowest BCUT2D eigenvalue weighted by molar-refractivity contribution is 0.203. The van der Waals surface area contributed by atoms with Gasteiger partial charge in [-0.25, -0.2) is 0 Å². The van der Waals surface area contributed by atoms with Gasteiger partial charge in [0.25, 0.3) is 0 Å². The van der Waals surface area contributed by atoms with Crippen LogP contribution >= 0.6 is 0 Å². The van der Waals surface area contributed by atoms with Crippen LogP contribution in [0.15, 0.2) is 54.6 Å². The Morgan fingerprint density at radius 1 is 0.960 bits per heavy atom. The van der Waals surface area contributed by atoms with Crippen LogP contribution in [0.25, 0.3) is 5.57 Å². The van der Waals surface area contributed by atoms with Gasteiger partial charge < -0.3 is 9.47 Å². The molecule has 0 aliphatic carbocycles. The van der Waals surface area contributed by atoms with Gasteiger partial charge in [0.15, 0.2) is 0 Å². The molecule has 0 amide bonds. The normalized spacial score (nSPS) is 22.6. The summed E-state index contributed by atoms with van der Waals surface area (Å²) in [6.45, 7) is 1.04. The lowest BCUT2D eigenvalue weighted by Gasteiger charge is -2.34. The molecular weight excluding hydrogens is 310 g/mol. The van der Waals surface area contributed by atoms with Gasteiger partial charge in [-0.3, -0.25) is 4.90 Å². The molecule has 2 aliphatic rings. The third-order valence-electron chi connectivity index (χ3n) is 5.47. The molecule has 2 bridgehead atoms. The molecule has 0 radical (unpaired) electrons. The molecule has 2 heterocycles. The molecule has 1 saturated heterocycles. The van der Waals surface area contributed by atoms with E-state index in [0.717, 1.165) is 24.5 Å². The minimum atomic E-state index is 0.533. The maximum Gasteiger partial charge on any atom is 0.123 e. The highest BCUT2D eigenvalue weighted by atomic mass is 16.5. The lowest BCUT2D eigenvalue weighted by Crippen LogP contribution is -2.37. The number of fused-ring (bicyclic) bond motifs is 2. The largest absolute Gasteiger partial charge is 0.497 e. The van der Waals surface area contributed by atoms with E-state index < -0.39 is 0 Å². The molecule has 0 spiro atoms. The minimum absolute atomic E-state index is 0.533. The third kappa shape index (κ3) is 3.29. The number of hydrogen-bond acceptors (Lipinski definition) is 3. The fourth-order valence-corrected chi connectivity index (χ4v) is 4.17. The topological polar surface area (TPSA) is 21.7 Å². The fourth-order valence-electron chi connectivity index (χ4n) is 4.17. The van der Waals surface area contributed by atoms with Crippen LogP contribution in [0.4, 0.5) is 0 Å². The molecule has 2 unspecified atom stereocenters. The van der Waals surface area contributed by atoms with Crippen molar-refractivity contribution in [3.05, 3.63) is 65.7 Å². The van der Waals surface area contributed by atoms with Crippen LogP contribution in [-0.4, -0.2) is 31.2 Å². The second-order valence-electron chi connectivity index (χ2n) is 6.95. The first kappa shape index (κ1) is 16.2. The van der Waals surface area contributed by atoms with Crippen LogP contribution in [0.2, 0.25) is 0 Å². The number of hydrogen-bond donors (Lipinski definition) is 0. The van der Waals surface area contributed by atoms with Crippen molar-refractivity contribution in [2.45, 2.75) is 37.9 Å². The zero-order chi connectivity index (χ0) is 17.2. The maximum absolute atomic E-state index is 5.44. The molecule has 3 heteroatoms. The molecule has 0 saturated carbocycles. The minimum Gasteiger partial charge on any atom is -0.497 e. The molecule has 25 heavy (non-hydrogen) atoms. The van der Waals surface area contributed by atoms with Gasteiger partial charge in [0.05, 0.1) is 14.2 Å². The number of nitrogens with zero attached hydrogens (tertiary/aromatic N) is 1. The Bertz CT molecular complexity index is 747. The first-order chi connectivity index (χ1) is 12.3. The molecule has 4 rings (SSSR count). The average Bonchev–Trinajstić information content (AvgIpc) is 2.89. The molecule has 2 aliphatic heterocycles. The van der Waals surface area contributed by atoms with Gasteiger partial charge in [0, 0.05) is 24.7 Å². The molecule has 0 N–H and O–H groups in total. The predicted octanol–water partition coefficient (Wildman–Crippen LogP) is 4.52. The SMILES string of the molecule is COc1cc(OC)cc(C2=CC3CCC(C2)N3Cc2ccccc2)c1. The van der Waals surface area contributed by atoms with Gasteiger partial charge in [0.2, 0.25) is 0 Å². The highest BCUT2D eigenvalue weighted by Crippen LogP contribution is 2.40. The van der Waals surface area contributed by atoms with E-state index in [1.807, 2.05) is 6.07 Å². The van der Waals surface area contributed by atoms with E-state index in [0.29, 0.717) is 12.1 Å². The zero-order valence-corrected chi connectivity index (χ0v) is 14.9. The molecule has 2 aromatic rings. The van der Waals surface area contributed by atoms with E-state index in [1.165, 1.54) is 29.5 Å². The van der Waals surface area contributed by atoms with Crippen molar-refractivity contribution in [3.8, 4) is 11.5 Å². The summed E-state index contributed by atoms with van der Waals surface area (Å²) in [5.74, 6) is 1.71. The summed E-state index contributed by atoms with van der Waals surface area (Å²) in [5.41, 5.74) is 4.06. The fraction of sp³-hybridized carbons (Fsp3) is 0.364. The van der Waals surface area contributed by atoms with Crippen LogP contribution in [0.3, 0.4) is 0 Å². The highest BCUT2D eigenvalue weighted by molar-refractivity contribution is 5.70. The van der Waals surface area contributed by atoms with E-state index in [2.05, 4.69) is 53.4 Å². The second-order valence-corrected chi connectivity index (χ2v) is 6.95. The smallest absolute Gasteiger partial charge is 0.123 e. The number of ether oxygens (including phenoxy) is 2. The highest BCUT2D eigenvalue weighted by Gasteiger charge is 2.36. The summed E-state index contributed by atoms with van der Waals surface area (Å²) < 4.78 is 10.9. The van der Waals surface area contributed by atoms with Gasteiger partial charge >= 0.3 is 0 Å². The van der Waals surface area contributed by atoms with Crippen molar-refractivity contribution in [1.29, 1.82) is 0 Å². The van der Waals surface area contributed by atoms with Gasteiger partial charge in [-0.15, -0.1) is 0 Å². The standard InChI is InChI=1S/C22H25NO2/c1-24-21-12-18(13-22(14-21)25-2)17-10-19-8-9-20(11-17)23(19)15-16-6-4-3-5-7-16/h3-7,10,12-14,19-20H,8-9,11,15H2,1-2H3. The van der Waals surface area contributed by atoms with Crippen LogP contribution in [-0.2, 0) is 6.54 Å². The van der Waals surface area contributed by atoms with E-state index >= 15 is 0 Å². The van der Waals surface area contributed by atoms with Gasteiger partial charge in [-0.1, -0.05) is 36.4 Å². The summed E-state index contributed by atoms with van der Waals surface area (Å²) in [7, 11) is 3.41. The first-order valence-corrected chi connectivity index (χ1v) is 9.00. The lowest BCUT2D eigenvalue weighted by atomic mass is 9.94. The summed E-state index contributed by atoms with van der Waals surface area (Å²) in [6, 6.07) is 18.1. The Balaban J connectivity index is 1.59. The first-order valence-electron chi connectivity index (χ1n) is 9.00. The second kappa shape index (κ2) is 6.93. The Kier molecular flexibility index (Phi) is 4.50. The number of rotatable bonds is 5. The summed E-state index contributed by atoms with van der Waals surface area (Å²) in [5, 5.41) is 0. The molecule has 1 fully saturated rings. The van der Waals surface area contributed by atoms with Crippen LogP contribution in [0.5, 0.6) is 11.5 Å². The molecule has 0 aromatic heterocycles. The summed E-state index contributed by atoms with van der Waals surface area (Å²) in [6.07, 6.45) is 6.08. The van der Waals surface area contributed by atoms with E-state index in [-0.39, 0.29) is 0 Å². The van der Waals surface area contributed by atoms with Gasteiger partial charge in [0.1, 0.15) is 11.5 Å². The Morgan fingerprint density at radius 3 is 2.32 bits per heavy atom. The number of benzene rings is 2. The molecular formula is C22H25NO2. The van der Waals surface area contributed by atoms with Crippen molar-refractivity contribution in [3.63, 3.8) is 0 Å². The zero-order valence-electron chi connectivity index (χ0n) is 14.9. The van der Waals surface area contributed by atoms with Crippen LogP contribution in [0, 0.1) is 0 Å². The quantitative estimate of drug-likeness (QED) is 0.801. The molecule has 2 atom stereocenters. The summed E-state index contributed by atoms with van der Waals surface area (Å²) in [4.78, 5) is 2.66. The van der Waals surface area contributed by atoms with Crippen LogP contribution in [0.1, 0.15) is 30.4 Å². The Morgan fingerprint density at radius 2 is 1.68 bits per heavy atom. The molecule has 130 valence electrons. The van der Waals surface area contributed by atoms with Gasteiger partial charge in [-0.05, 0) is 48.1 Å². The van der Waals surface area contributed by atoms with Crippen molar-refractivity contribution in [1.82, 2.24) is 4.90 Å². The average molecular weight is 335 g/mol. The number of methoxy groups -OCH3 is 2. The van der Waals surface area contributed by atoms with Crippen molar-refractivity contribution >= 4 is 5.57 Å².